The second-order valence-corrected chi connectivity index (χ2v) is 4.07. The average Bonchev–Trinajstić information content (AvgIpc) is 2.87. The molecule has 0 saturated carbocycles. The summed E-state index contributed by atoms with van der Waals surface area (Å²) in [4.78, 5) is 29.9. The summed E-state index contributed by atoms with van der Waals surface area (Å²) in [7, 11) is 1.25. The van der Waals surface area contributed by atoms with Gasteiger partial charge in [-0.1, -0.05) is 12.2 Å². The van der Waals surface area contributed by atoms with Crippen LogP contribution in [0, 0.1) is 5.92 Å². The first-order valence-electron chi connectivity index (χ1n) is 5.69. The fourth-order valence-corrected chi connectivity index (χ4v) is 1.81. The molecule has 2 N–H and O–H groups in total. The van der Waals surface area contributed by atoms with Crippen molar-refractivity contribution in [3.63, 3.8) is 0 Å². The van der Waals surface area contributed by atoms with Gasteiger partial charge in [0.15, 0.2) is 0 Å². The lowest BCUT2D eigenvalue weighted by atomic mass is 10.1. The third-order valence-corrected chi connectivity index (χ3v) is 2.76. The van der Waals surface area contributed by atoms with Crippen molar-refractivity contribution in [1.82, 2.24) is 9.97 Å². The fraction of sp³-hybridized carbons (Fsp3) is 0.333. The van der Waals surface area contributed by atoms with Crippen LogP contribution in [-0.4, -0.2) is 40.2 Å². The maximum atomic E-state index is 11.3. The monoisotopic (exact) mass is 263 g/mol. The number of aliphatic carboxylic acids is 1. The number of anilines is 1. The van der Waals surface area contributed by atoms with Gasteiger partial charge in [0.1, 0.15) is 5.82 Å². The van der Waals surface area contributed by atoms with E-state index in [-0.39, 0.29) is 11.9 Å². The van der Waals surface area contributed by atoms with Crippen LogP contribution in [0.4, 0.5) is 5.82 Å². The van der Waals surface area contributed by atoms with E-state index in [1.165, 1.54) is 13.3 Å². The molecule has 0 saturated heterocycles. The number of aromatic nitrogens is 2. The van der Waals surface area contributed by atoms with Gasteiger partial charge in [0.25, 0.3) is 0 Å². The van der Waals surface area contributed by atoms with Gasteiger partial charge in [0.05, 0.1) is 13.0 Å². The van der Waals surface area contributed by atoms with Gasteiger partial charge < -0.3 is 15.2 Å². The number of methoxy groups -OCH3 is 1. The largest absolute Gasteiger partial charge is 0.481 e. The van der Waals surface area contributed by atoms with E-state index >= 15 is 0 Å². The van der Waals surface area contributed by atoms with Crippen molar-refractivity contribution in [2.45, 2.75) is 12.5 Å². The summed E-state index contributed by atoms with van der Waals surface area (Å²) in [5.41, 5.74) is 0. The minimum atomic E-state index is -0.849. The summed E-state index contributed by atoms with van der Waals surface area (Å²) in [5.74, 6) is -1.53. The summed E-state index contributed by atoms with van der Waals surface area (Å²) in [6.07, 6.45) is 5.31. The Morgan fingerprint density at radius 3 is 2.89 bits per heavy atom. The van der Waals surface area contributed by atoms with E-state index in [9.17, 15) is 9.59 Å². The first-order chi connectivity index (χ1) is 9.10. The molecule has 0 aliphatic heterocycles. The molecule has 7 heteroatoms. The summed E-state index contributed by atoms with van der Waals surface area (Å²) in [5, 5.41) is 11.9. The van der Waals surface area contributed by atoms with Crippen molar-refractivity contribution >= 4 is 17.8 Å². The number of carbonyl (C=O) groups is 2. The molecular formula is C12H13N3O4. The second-order valence-electron chi connectivity index (χ2n) is 4.07. The predicted octanol–water partition coefficient (Wildman–Crippen LogP) is 0.704. The summed E-state index contributed by atoms with van der Waals surface area (Å²) in [6, 6.07) is 1.48. The zero-order valence-electron chi connectivity index (χ0n) is 10.2. The number of hydrogen-bond acceptors (Lipinski definition) is 6. The Kier molecular flexibility index (Phi) is 3.74. The number of hydrogen-bond donors (Lipinski definition) is 2. The number of esters is 1. The standard InChI is InChI=1S/C12H13N3O4/c1-19-12(18)10-13-5-4-9(15-10)14-8-3-2-7(6-8)11(16)17/h2-5,7-8H,6H2,1H3,(H,16,17)(H,13,14,15). The SMILES string of the molecule is COC(=O)c1nccc(NC2C=CC(C(=O)O)C2)n1. The molecule has 2 atom stereocenters. The van der Waals surface area contributed by atoms with Gasteiger partial charge in [-0.25, -0.2) is 14.8 Å². The lowest BCUT2D eigenvalue weighted by Crippen LogP contribution is -2.20. The van der Waals surface area contributed by atoms with Crippen LogP contribution in [-0.2, 0) is 9.53 Å². The molecule has 0 bridgehead atoms. The molecule has 0 radical (unpaired) electrons. The topological polar surface area (TPSA) is 101 Å². The summed E-state index contributed by atoms with van der Waals surface area (Å²) < 4.78 is 4.53. The Balaban J connectivity index is 2.03. The average molecular weight is 263 g/mol. The number of carboxylic acids is 1. The lowest BCUT2D eigenvalue weighted by molar-refractivity contribution is -0.140. The highest BCUT2D eigenvalue weighted by Gasteiger charge is 2.24. The lowest BCUT2D eigenvalue weighted by Gasteiger charge is -2.12. The summed E-state index contributed by atoms with van der Waals surface area (Å²) in [6.45, 7) is 0. The van der Waals surface area contributed by atoms with E-state index < -0.39 is 17.9 Å². The normalized spacial score (nSPS) is 21.1. The van der Waals surface area contributed by atoms with Crippen LogP contribution in [0.5, 0.6) is 0 Å². The van der Waals surface area contributed by atoms with E-state index in [1.54, 1.807) is 18.2 Å². The molecule has 1 aromatic rings. The quantitative estimate of drug-likeness (QED) is 0.609. The number of ether oxygens (including phenoxy) is 1. The molecule has 2 rings (SSSR count). The Hall–Kier alpha value is -2.44. The van der Waals surface area contributed by atoms with Crippen molar-refractivity contribution in [2.24, 2.45) is 5.92 Å². The van der Waals surface area contributed by atoms with Gasteiger partial charge in [0.2, 0.25) is 5.82 Å². The van der Waals surface area contributed by atoms with Gasteiger partial charge in [-0.3, -0.25) is 4.79 Å². The molecule has 1 aliphatic rings. The van der Waals surface area contributed by atoms with Crippen LogP contribution in [0.2, 0.25) is 0 Å². The highest BCUT2D eigenvalue weighted by Crippen LogP contribution is 2.20. The van der Waals surface area contributed by atoms with Crippen molar-refractivity contribution in [3.8, 4) is 0 Å². The van der Waals surface area contributed by atoms with Crippen molar-refractivity contribution < 1.29 is 19.4 Å². The molecule has 100 valence electrons. The maximum absolute atomic E-state index is 11.3. The van der Waals surface area contributed by atoms with Gasteiger partial charge in [0, 0.05) is 12.2 Å². The molecule has 1 aromatic heterocycles. The van der Waals surface area contributed by atoms with Gasteiger partial charge in [-0.2, -0.15) is 0 Å². The van der Waals surface area contributed by atoms with E-state index in [2.05, 4.69) is 20.0 Å². The number of nitrogens with one attached hydrogen (secondary N) is 1. The zero-order chi connectivity index (χ0) is 13.8. The smallest absolute Gasteiger partial charge is 0.376 e. The van der Waals surface area contributed by atoms with Crippen molar-refractivity contribution in [2.75, 3.05) is 12.4 Å². The first-order valence-corrected chi connectivity index (χ1v) is 5.69. The number of carboxylic acid groups (broad SMARTS) is 1. The third-order valence-electron chi connectivity index (χ3n) is 2.76. The third kappa shape index (κ3) is 3.06. The van der Waals surface area contributed by atoms with Crippen LogP contribution in [0.25, 0.3) is 0 Å². The zero-order valence-corrected chi connectivity index (χ0v) is 10.2. The molecule has 0 spiro atoms. The van der Waals surface area contributed by atoms with Crippen molar-refractivity contribution in [1.29, 1.82) is 0 Å². The molecular weight excluding hydrogens is 250 g/mol. The van der Waals surface area contributed by atoms with E-state index in [1.807, 2.05) is 0 Å². The van der Waals surface area contributed by atoms with E-state index in [4.69, 9.17) is 5.11 Å². The Morgan fingerprint density at radius 2 is 2.26 bits per heavy atom. The van der Waals surface area contributed by atoms with Crippen LogP contribution in [0.3, 0.4) is 0 Å². The Labute approximate surface area is 109 Å². The molecule has 1 aliphatic carbocycles. The second kappa shape index (κ2) is 5.47. The molecule has 0 fully saturated rings. The van der Waals surface area contributed by atoms with E-state index in [0.717, 1.165) is 0 Å². The molecule has 19 heavy (non-hydrogen) atoms. The van der Waals surface area contributed by atoms with Crippen LogP contribution >= 0.6 is 0 Å². The van der Waals surface area contributed by atoms with Gasteiger partial charge in [-0.05, 0) is 12.5 Å². The van der Waals surface area contributed by atoms with Crippen LogP contribution < -0.4 is 5.32 Å². The van der Waals surface area contributed by atoms with E-state index in [0.29, 0.717) is 12.2 Å². The van der Waals surface area contributed by atoms with Gasteiger partial charge >= 0.3 is 11.9 Å². The Bertz CT molecular complexity index is 529. The molecule has 2 unspecified atom stereocenters. The number of carbonyl (C=O) groups excluding carboxylic acids is 1. The highest BCUT2D eigenvalue weighted by molar-refractivity contribution is 5.85. The molecule has 0 aromatic carbocycles. The molecule has 0 amide bonds. The van der Waals surface area contributed by atoms with Crippen LogP contribution in [0.1, 0.15) is 17.0 Å². The first kappa shape index (κ1) is 13.0. The minimum Gasteiger partial charge on any atom is -0.481 e. The summed E-state index contributed by atoms with van der Waals surface area (Å²) >= 11 is 0. The molecule has 7 nitrogen and oxygen atoms in total. The predicted molar refractivity (Wildman–Crippen MR) is 65.7 cm³/mol. The minimum absolute atomic E-state index is 0.0377. The maximum Gasteiger partial charge on any atom is 0.376 e. The number of rotatable bonds is 4. The fourth-order valence-electron chi connectivity index (χ4n) is 1.81. The number of nitrogens with zero attached hydrogens (tertiary/aromatic N) is 2. The van der Waals surface area contributed by atoms with Crippen LogP contribution in [0.15, 0.2) is 24.4 Å². The highest BCUT2D eigenvalue weighted by atomic mass is 16.5. The molecule has 1 heterocycles. The van der Waals surface area contributed by atoms with Gasteiger partial charge in [-0.15, -0.1) is 0 Å². The Morgan fingerprint density at radius 1 is 1.47 bits per heavy atom. The van der Waals surface area contributed by atoms with Crippen molar-refractivity contribution in [3.05, 3.63) is 30.2 Å².